The molecule has 1 aliphatic rings. The minimum Gasteiger partial charge on any atom is -0.460 e. The smallest absolute Gasteiger partial charge is 0.331 e. The first-order valence-electron chi connectivity index (χ1n) is 7.60. The number of rotatable bonds is 9. The van der Waals surface area contributed by atoms with Crippen molar-refractivity contribution in [1.82, 2.24) is 0 Å². The fourth-order valence-corrected chi connectivity index (χ4v) is 1.82. The Hall–Kier alpha value is -1.92. The molecule has 0 saturated heterocycles. The topological polar surface area (TPSA) is 82.1 Å². The maximum atomic E-state index is 11.3. The van der Waals surface area contributed by atoms with Crippen LogP contribution < -0.4 is 0 Å². The summed E-state index contributed by atoms with van der Waals surface area (Å²) in [7, 11) is 0. The highest BCUT2D eigenvalue weighted by atomic mass is 16.5. The molecule has 0 fully saturated rings. The minimum atomic E-state index is -0.697. The zero-order valence-corrected chi connectivity index (χ0v) is 13.7. The molecule has 6 nitrogen and oxygen atoms in total. The Morgan fingerprint density at radius 3 is 2.70 bits per heavy atom. The minimum absolute atomic E-state index is 0.162. The van der Waals surface area contributed by atoms with E-state index in [2.05, 4.69) is 0 Å². The van der Waals surface area contributed by atoms with Crippen molar-refractivity contribution in [3.8, 4) is 0 Å². The predicted octanol–water partition coefficient (Wildman–Crippen LogP) is 1.69. The lowest BCUT2D eigenvalue weighted by atomic mass is 10.2. The molecule has 0 bridgehead atoms. The van der Waals surface area contributed by atoms with Gasteiger partial charge in [-0.3, -0.25) is 0 Å². The summed E-state index contributed by atoms with van der Waals surface area (Å²) in [6, 6.07) is 0. The van der Waals surface area contributed by atoms with Gasteiger partial charge in [0.25, 0.3) is 0 Å². The second-order valence-corrected chi connectivity index (χ2v) is 5.47. The molecule has 0 aromatic heterocycles. The SMILES string of the molecule is CC(C)OC(=O)/C=C\C=C\[C@@H](OCCC1=CC(=O)OC1)C(C)O. The van der Waals surface area contributed by atoms with E-state index in [9.17, 15) is 14.7 Å². The van der Waals surface area contributed by atoms with Gasteiger partial charge in [-0.2, -0.15) is 0 Å². The average molecular weight is 324 g/mol. The van der Waals surface area contributed by atoms with Gasteiger partial charge < -0.3 is 19.3 Å². The number of ether oxygens (including phenoxy) is 3. The number of hydrogen-bond donors (Lipinski definition) is 1. The number of cyclic esters (lactones) is 1. The molecule has 1 unspecified atom stereocenters. The first-order chi connectivity index (χ1) is 10.9. The van der Waals surface area contributed by atoms with Crippen LogP contribution in [0.15, 0.2) is 36.0 Å². The summed E-state index contributed by atoms with van der Waals surface area (Å²) in [4.78, 5) is 22.2. The molecule has 2 atom stereocenters. The van der Waals surface area contributed by atoms with Gasteiger partial charge in [-0.15, -0.1) is 0 Å². The molecule has 0 aromatic carbocycles. The fraction of sp³-hybridized carbons (Fsp3) is 0.529. The lowest BCUT2D eigenvalue weighted by molar-refractivity contribution is -0.141. The molecule has 1 aliphatic heterocycles. The lowest BCUT2D eigenvalue weighted by Crippen LogP contribution is -2.24. The van der Waals surface area contributed by atoms with E-state index >= 15 is 0 Å². The number of allylic oxidation sites excluding steroid dienone is 2. The van der Waals surface area contributed by atoms with Gasteiger partial charge >= 0.3 is 11.9 Å². The summed E-state index contributed by atoms with van der Waals surface area (Å²) in [6.45, 7) is 5.83. The summed E-state index contributed by atoms with van der Waals surface area (Å²) in [5.41, 5.74) is 0.875. The van der Waals surface area contributed by atoms with Crippen molar-refractivity contribution >= 4 is 11.9 Å². The highest BCUT2D eigenvalue weighted by molar-refractivity contribution is 5.85. The third-order valence-corrected chi connectivity index (χ3v) is 2.93. The third-order valence-electron chi connectivity index (χ3n) is 2.93. The molecule has 0 spiro atoms. The largest absolute Gasteiger partial charge is 0.460 e. The summed E-state index contributed by atoms with van der Waals surface area (Å²) in [5, 5.41) is 9.69. The molecule has 128 valence electrons. The van der Waals surface area contributed by atoms with Crippen LogP contribution in [0.4, 0.5) is 0 Å². The molecular weight excluding hydrogens is 300 g/mol. The molecule has 0 aliphatic carbocycles. The van der Waals surface area contributed by atoms with Crippen LogP contribution in [0.3, 0.4) is 0 Å². The van der Waals surface area contributed by atoms with Crippen LogP contribution in [0.1, 0.15) is 27.2 Å². The number of carbonyl (C=O) groups excluding carboxylic acids is 2. The van der Waals surface area contributed by atoms with Crippen LogP contribution in [0.2, 0.25) is 0 Å². The van der Waals surface area contributed by atoms with Crippen molar-refractivity contribution in [2.45, 2.75) is 45.5 Å². The van der Waals surface area contributed by atoms with Crippen molar-refractivity contribution in [3.63, 3.8) is 0 Å². The van der Waals surface area contributed by atoms with E-state index in [4.69, 9.17) is 14.2 Å². The van der Waals surface area contributed by atoms with Crippen molar-refractivity contribution < 1.29 is 28.9 Å². The molecule has 0 radical (unpaired) electrons. The van der Waals surface area contributed by atoms with E-state index in [1.54, 1.807) is 32.9 Å². The van der Waals surface area contributed by atoms with Crippen molar-refractivity contribution in [3.05, 3.63) is 36.0 Å². The number of esters is 2. The zero-order chi connectivity index (χ0) is 17.2. The predicted molar refractivity (Wildman–Crippen MR) is 84.6 cm³/mol. The summed E-state index contributed by atoms with van der Waals surface area (Å²) in [5.74, 6) is -0.748. The molecule has 1 heterocycles. The van der Waals surface area contributed by atoms with Gasteiger partial charge in [-0.1, -0.05) is 18.2 Å². The number of carbonyl (C=O) groups is 2. The van der Waals surface area contributed by atoms with E-state index < -0.39 is 18.2 Å². The first kappa shape index (κ1) is 19.1. The van der Waals surface area contributed by atoms with Gasteiger partial charge in [0.1, 0.15) is 12.7 Å². The quantitative estimate of drug-likeness (QED) is 0.395. The van der Waals surface area contributed by atoms with Crippen molar-refractivity contribution in [1.29, 1.82) is 0 Å². The van der Waals surface area contributed by atoms with Crippen LogP contribution in [-0.4, -0.2) is 48.6 Å². The maximum Gasteiger partial charge on any atom is 0.331 e. The number of aliphatic hydroxyl groups is 1. The Labute approximate surface area is 136 Å². The molecule has 1 N–H and O–H groups in total. The molecule has 0 saturated carbocycles. The Morgan fingerprint density at radius 1 is 1.39 bits per heavy atom. The summed E-state index contributed by atoms with van der Waals surface area (Å²) >= 11 is 0. The standard InChI is InChI=1S/C17H24O6/c1-12(2)23-16(19)7-5-4-6-15(13(3)18)21-9-8-14-10-17(20)22-11-14/h4-7,10,12-13,15,18H,8-9,11H2,1-3H3/b6-4+,7-5-/t13?,15-/m1/s1. The Morgan fingerprint density at radius 2 is 2.13 bits per heavy atom. The van der Waals surface area contributed by atoms with Crippen LogP contribution in [0, 0.1) is 0 Å². The van der Waals surface area contributed by atoms with Gasteiger partial charge in [0.15, 0.2) is 0 Å². The molecule has 0 amide bonds. The molecule has 1 rings (SSSR count). The van der Waals surface area contributed by atoms with Crippen LogP contribution in [-0.2, 0) is 23.8 Å². The van der Waals surface area contributed by atoms with Gasteiger partial charge in [0.2, 0.25) is 0 Å². The van der Waals surface area contributed by atoms with Gasteiger partial charge in [-0.25, -0.2) is 9.59 Å². The van der Waals surface area contributed by atoms with Crippen LogP contribution >= 0.6 is 0 Å². The Bertz CT molecular complexity index is 487. The van der Waals surface area contributed by atoms with Gasteiger partial charge in [-0.05, 0) is 32.8 Å². The molecule has 0 aromatic rings. The normalized spacial score (nSPS) is 17.6. The Balaban J connectivity index is 2.38. The summed E-state index contributed by atoms with van der Waals surface area (Å²) in [6.07, 6.45) is 6.80. The second kappa shape index (κ2) is 9.97. The van der Waals surface area contributed by atoms with Crippen molar-refractivity contribution in [2.75, 3.05) is 13.2 Å². The maximum absolute atomic E-state index is 11.3. The van der Waals surface area contributed by atoms with Crippen LogP contribution in [0.25, 0.3) is 0 Å². The molecular formula is C17H24O6. The molecule has 23 heavy (non-hydrogen) atoms. The number of hydrogen-bond acceptors (Lipinski definition) is 6. The Kier molecular flexibility index (Phi) is 8.29. The second-order valence-electron chi connectivity index (χ2n) is 5.47. The number of aliphatic hydroxyl groups excluding tert-OH is 1. The van der Waals surface area contributed by atoms with Gasteiger partial charge in [0.05, 0.1) is 18.8 Å². The average Bonchev–Trinajstić information content (AvgIpc) is 2.86. The highest BCUT2D eigenvalue weighted by Gasteiger charge is 2.15. The fourth-order valence-electron chi connectivity index (χ4n) is 1.82. The summed E-state index contributed by atoms with van der Waals surface area (Å²) < 4.78 is 15.3. The molecule has 6 heteroatoms. The monoisotopic (exact) mass is 324 g/mol. The van der Waals surface area contributed by atoms with E-state index in [0.717, 1.165) is 5.57 Å². The third kappa shape index (κ3) is 8.32. The van der Waals surface area contributed by atoms with Crippen LogP contribution in [0.5, 0.6) is 0 Å². The van der Waals surface area contributed by atoms with Gasteiger partial charge in [0, 0.05) is 12.2 Å². The van der Waals surface area contributed by atoms with E-state index in [1.807, 2.05) is 0 Å². The van der Waals surface area contributed by atoms with E-state index in [0.29, 0.717) is 19.6 Å². The van der Waals surface area contributed by atoms with E-state index in [1.165, 1.54) is 18.2 Å². The first-order valence-corrected chi connectivity index (χ1v) is 7.60. The highest BCUT2D eigenvalue weighted by Crippen LogP contribution is 2.11. The van der Waals surface area contributed by atoms with E-state index in [-0.39, 0.29) is 12.1 Å². The zero-order valence-electron chi connectivity index (χ0n) is 13.7. The van der Waals surface area contributed by atoms with Crippen molar-refractivity contribution in [2.24, 2.45) is 0 Å². The lowest BCUT2D eigenvalue weighted by Gasteiger charge is -2.16.